The molecule has 1 atom stereocenters. The quantitative estimate of drug-likeness (QED) is 0.852. The van der Waals surface area contributed by atoms with Gasteiger partial charge in [-0.25, -0.2) is 12.7 Å². The summed E-state index contributed by atoms with van der Waals surface area (Å²) < 4.78 is 26.8. The molecule has 0 amide bonds. The van der Waals surface area contributed by atoms with Crippen LogP contribution >= 0.6 is 11.6 Å². The van der Waals surface area contributed by atoms with Gasteiger partial charge in [0, 0.05) is 25.2 Å². The molecule has 1 unspecified atom stereocenters. The first-order valence-electron chi connectivity index (χ1n) is 7.05. The fraction of sp³-hybridized carbons (Fsp3) is 0.600. The van der Waals surface area contributed by atoms with Gasteiger partial charge < -0.3 is 4.90 Å². The van der Waals surface area contributed by atoms with E-state index in [1.54, 1.807) is 19.2 Å². The summed E-state index contributed by atoms with van der Waals surface area (Å²) >= 11 is 6.05. The van der Waals surface area contributed by atoms with Gasteiger partial charge in [-0.3, -0.25) is 0 Å². The molecule has 0 aliphatic carbocycles. The highest BCUT2D eigenvalue weighted by atomic mass is 35.5. The van der Waals surface area contributed by atoms with E-state index in [4.69, 9.17) is 11.6 Å². The Kier molecular flexibility index (Phi) is 4.69. The maximum Gasteiger partial charge on any atom is 0.242 e. The maximum atomic E-state index is 12.7. The average molecular weight is 331 g/mol. The zero-order valence-corrected chi connectivity index (χ0v) is 14.6. The summed E-state index contributed by atoms with van der Waals surface area (Å²) in [5.74, 6) is 0. The zero-order chi connectivity index (χ0) is 15.8. The van der Waals surface area contributed by atoms with Gasteiger partial charge in [0.1, 0.15) is 0 Å². The smallest absolute Gasteiger partial charge is 0.242 e. The lowest BCUT2D eigenvalue weighted by atomic mass is 9.90. The molecule has 0 aromatic heterocycles. The predicted octanol–water partition coefficient (Wildman–Crippen LogP) is 2.61. The summed E-state index contributed by atoms with van der Waals surface area (Å²) in [7, 11) is 0.223. The van der Waals surface area contributed by atoms with Crippen LogP contribution < -0.4 is 0 Å². The molecule has 1 heterocycles. The summed E-state index contributed by atoms with van der Waals surface area (Å²) in [4.78, 5) is 2.50. The number of nitrogens with zero attached hydrogens (tertiary/aromatic N) is 2. The average Bonchev–Trinajstić information content (AvgIpc) is 2.72. The van der Waals surface area contributed by atoms with Crippen molar-refractivity contribution in [2.24, 2.45) is 5.41 Å². The Bertz CT molecular complexity index is 633. The highest BCUT2D eigenvalue weighted by molar-refractivity contribution is 7.89. The third-order valence-electron chi connectivity index (χ3n) is 4.20. The number of halogens is 1. The Hall–Kier alpha value is -0.620. The molecule has 2 rings (SSSR count). The number of hydrogen-bond acceptors (Lipinski definition) is 3. The number of aryl methyl sites for hydroxylation is 1. The molecule has 4 nitrogen and oxygen atoms in total. The van der Waals surface area contributed by atoms with Crippen molar-refractivity contribution in [3.63, 3.8) is 0 Å². The van der Waals surface area contributed by atoms with Crippen molar-refractivity contribution in [3.8, 4) is 0 Å². The second kappa shape index (κ2) is 5.88. The molecule has 6 heteroatoms. The highest BCUT2D eigenvalue weighted by Crippen LogP contribution is 2.31. The number of hydrogen-bond donors (Lipinski definition) is 0. The van der Waals surface area contributed by atoms with Gasteiger partial charge in [0.15, 0.2) is 0 Å². The summed E-state index contributed by atoms with van der Waals surface area (Å²) in [6, 6.07) is 4.90. The summed E-state index contributed by atoms with van der Waals surface area (Å²) in [5.41, 5.74) is 0.882. The van der Waals surface area contributed by atoms with Crippen LogP contribution in [-0.2, 0) is 10.0 Å². The minimum atomic E-state index is -3.49. The molecule has 0 radical (unpaired) electrons. The first-order valence-corrected chi connectivity index (χ1v) is 8.87. The molecule has 21 heavy (non-hydrogen) atoms. The topological polar surface area (TPSA) is 40.6 Å². The van der Waals surface area contributed by atoms with Crippen molar-refractivity contribution in [1.82, 2.24) is 9.21 Å². The molecule has 1 aromatic carbocycles. The van der Waals surface area contributed by atoms with Gasteiger partial charge in [-0.2, -0.15) is 0 Å². The Balaban J connectivity index is 2.20. The normalized spacial score (nSPS) is 23.9. The Morgan fingerprint density at radius 1 is 1.43 bits per heavy atom. The fourth-order valence-electron chi connectivity index (χ4n) is 2.94. The minimum Gasteiger partial charge on any atom is -0.306 e. The minimum absolute atomic E-state index is 0.00502. The first-order chi connectivity index (χ1) is 9.64. The molecule has 1 saturated heterocycles. The van der Waals surface area contributed by atoms with Gasteiger partial charge in [0.25, 0.3) is 0 Å². The van der Waals surface area contributed by atoms with Crippen LogP contribution in [0, 0.1) is 12.3 Å². The Morgan fingerprint density at radius 2 is 2.10 bits per heavy atom. The molecule has 0 spiro atoms. The lowest BCUT2D eigenvalue weighted by Gasteiger charge is -2.29. The fourth-order valence-corrected chi connectivity index (χ4v) is 4.53. The lowest BCUT2D eigenvalue weighted by molar-refractivity contribution is 0.255. The second-order valence-corrected chi connectivity index (χ2v) is 8.92. The number of likely N-dealkylation sites (tertiary alicyclic amines) is 1. The van der Waals surface area contributed by atoms with Gasteiger partial charge in [0.05, 0.1) is 4.90 Å². The Labute approximate surface area is 132 Å². The van der Waals surface area contributed by atoms with E-state index in [1.165, 1.54) is 10.4 Å². The van der Waals surface area contributed by atoms with Crippen molar-refractivity contribution >= 4 is 21.6 Å². The molecule has 1 aliphatic heterocycles. The van der Waals surface area contributed by atoms with E-state index < -0.39 is 10.0 Å². The third kappa shape index (κ3) is 3.59. The van der Waals surface area contributed by atoms with Crippen molar-refractivity contribution in [3.05, 3.63) is 28.8 Å². The van der Waals surface area contributed by atoms with Crippen molar-refractivity contribution in [2.75, 3.05) is 33.7 Å². The van der Waals surface area contributed by atoms with Crippen LogP contribution in [0.4, 0.5) is 0 Å². The monoisotopic (exact) mass is 330 g/mol. The molecular weight excluding hydrogens is 308 g/mol. The van der Waals surface area contributed by atoms with Crippen LogP contribution in [0.5, 0.6) is 0 Å². The van der Waals surface area contributed by atoms with Gasteiger partial charge in [-0.1, -0.05) is 24.6 Å². The van der Waals surface area contributed by atoms with Crippen LogP contribution in [-0.4, -0.2) is 51.4 Å². The van der Waals surface area contributed by atoms with Gasteiger partial charge in [-0.15, -0.1) is 0 Å². The predicted molar refractivity (Wildman–Crippen MR) is 86.2 cm³/mol. The van der Waals surface area contributed by atoms with E-state index in [0.29, 0.717) is 11.6 Å². The highest BCUT2D eigenvalue weighted by Gasteiger charge is 2.36. The third-order valence-corrected chi connectivity index (χ3v) is 6.41. The molecule has 1 aromatic rings. The number of benzene rings is 1. The molecular formula is C15H23ClN2O2S. The number of sulfonamides is 1. The second-order valence-electron chi connectivity index (χ2n) is 6.47. The standard InChI is InChI=1S/C15H23ClN2O2S/c1-12-5-6-13(9-14(12)16)21(19,20)18(4)11-15(2)7-8-17(3)10-15/h5-6,9H,7-8,10-11H2,1-4H3. The SMILES string of the molecule is Cc1ccc(S(=O)(=O)N(C)CC2(C)CCN(C)C2)cc1Cl. The summed E-state index contributed by atoms with van der Waals surface area (Å²) in [6.07, 6.45) is 1.01. The van der Waals surface area contributed by atoms with E-state index in [9.17, 15) is 8.42 Å². The molecule has 0 N–H and O–H groups in total. The summed E-state index contributed by atoms with van der Waals surface area (Å²) in [5, 5.41) is 0.483. The van der Waals surface area contributed by atoms with Crippen LogP contribution in [0.25, 0.3) is 0 Å². The van der Waals surface area contributed by atoms with Crippen LogP contribution in [0.2, 0.25) is 5.02 Å². The molecule has 1 aliphatic rings. The van der Waals surface area contributed by atoms with Crippen LogP contribution in [0.15, 0.2) is 23.1 Å². The van der Waals surface area contributed by atoms with E-state index >= 15 is 0 Å². The van der Waals surface area contributed by atoms with E-state index in [0.717, 1.165) is 25.1 Å². The van der Waals surface area contributed by atoms with E-state index in [1.807, 2.05) is 6.92 Å². The van der Waals surface area contributed by atoms with Crippen molar-refractivity contribution < 1.29 is 8.42 Å². The van der Waals surface area contributed by atoms with Gasteiger partial charge >= 0.3 is 0 Å². The lowest BCUT2D eigenvalue weighted by Crippen LogP contribution is -2.38. The van der Waals surface area contributed by atoms with E-state index in [2.05, 4.69) is 18.9 Å². The maximum absolute atomic E-state index is 12.7. The summed E-state index contributed by atoms with van der Waals surface area (Å²) in [6.45, 7) is 6.45. The van der Waals surface area contributed by atoms with Crippen molar-refractivity contribution in [2.45, 2.75) is 25.2 Å². The molecule has 1 fully saturated rings. The largest absolute Gasteiger partial charge is 0.306 e. The van der Waals surface area contributed by atoms with Crippen LogP contribution in [0.3, 0.4) is 0 Å². The Morgan fingerprint density at radius 3 is 2.62 bits per heavy atom. The molecule has 0 bridgehead atoms. The molecule has 0 saturated carbocycles. The first kappa shape index (κ1) is 16.7. The van der Waals surface area contributed by atoms with Gasteiger partial charge in [0.2, 0.25) is 10.0 Å². The number of rotatable bonds is 4. The molecule has 118 valence electrons. The van der Waals surface area contributed by atoms with Gasteiger partial charge in [-0.05, 0) is 50.0 Å². The van der Waals surface area contributed by atoms with Crippen LogP contribution in [0.1, 0.15) is 18.9 Å². The zero-order valence-electron chi connectivity index (χ0n) is 13.1. The van der Waals surface area contributed by atoms with E-state index in [-0.39, 0.29) is 10.3 Å². The van der Waals surface area contributed by atoms with Crippen molar-refractivity contribution in [1.29, 1.82) is 0 Å².